The smallest absolute Gasteiger partial charge is 0.412 e. The molecule has 0 unspecified atom stereocenters. The number of carbonyl (C=O) groups excluding carboxylic acids is 2. The average Bonchev–Trinajstić information content (AvgIpc) is 2.65. The Balaban J connectivity index is 3.21. The first-order valence-corrected chi connectivity index (χ1v) is 10.8. The third-order valence-corrected chi connectivity index (χ3v) is 4.66. The molecular weight excluding hydrogens is 298 g/mol. The molecule has 1 amide bonds. The summed E-state index contributed by atoms with van der Waals surface area (Å²) in [5.41, 5.74) is -1.93. The minimum Gasteiger partial charge on any atom is -0.444 e. The molecule has 1 aliphatic heterocycles. The van der Waals surface area contributed by atoms with Crippen molar-refractivity contribution in [2.75, 3.05) is 6.54 Å². The first-order valence-electron chi connectivity index (χ1n) is 7.98. The second kappa shape index (κ2) is 6.32. The van der Waals surface area contributed by atoms with Crippen LogP contribution in [-0.2, 0) is 14.0 Å². The number of aldehydes is 1. The second-order valence-electron chi connectivity index (χ2n) is 8.38. The molecule has 5 nitrogen and oxygen atoms in total. The van der Waals surface area contributed by atoms with Crippen LogP contribution in [0.2, 0.25) is 13.1 Å². The first kappa shape index (κ1) is 19.2. The fourth-order valence-electron chi connectivity index (χ4n) is 3.13. The molecule has 0 aromatic rings. The van der Waals surface area contributed by atoms with Gasteiger partial charge in [-0.1, -0.05) is 20.8 Å². The Kier molecular flexibility index (Phi) is 5.50. The predicted molar refractivity (Wildman–Crippen MR) is 89.3 cm³/mol. The van der Waals surface area contributed by atoms with Gasteiger partial charge in [0.2, 0.25) is 0 Å². The van der Waals surface area contributed by atoms with Crippen LogP contribution < -0.4 is 0 Å². The van der Waals surface area contributed by atoms with Crippen molar-refractivity contribution in [1.82, 2.24) is 4.90 Å². The lowest BCUT2D eigenvalue weighted by molar-refractivity contribution is -0.148. The molecule has 0 aliphatic carbocycles. The number of carbonyl (C=O) groups is 2. The maximum atomic E-state index is 12.6. The zero-order chi connectivity index (χ0) is 17.3. The molecule has 1 fully saturated rings. The topological polar surface area (TPSA) is 55.8 Å². The molecule has 128 valence electrons. The van der Waals surface area contributed by atoms with E-state index >= 15 is 0 Å². The van der Waals surface area contributed by atoms with Crippen LogP contribution in [0.25, 0.3) is 0 Å². The van der Waals surface area contributed by atoms with Crippen LogP contribution in [0.3, 0.4) is 0 Å². The van der Waals surface area contributed by atoms with E-state index in [4.69, 9.17) is 9.16 Å². The number of hydrogen-bond donors (Lipinski definition) is 0. The molecule has 0 saturated carbocycles. The van der Waals surface area contributed by atoms with Crippen molar-refractivity contribution in [3.8, 4) is 0 Å². The van der Waals surface area contributed by atoms with Gasteiger partial charge in [-0.2, -0.15) is 0 Å². The van der Waals surface area contributed by atoms with E-state index in [9.17, 15) is 9.59 Å². The van der Waals surface area contributed by atoms with Gasteiger partial charge in [0.05, 0.1) is 0 Å². The SMILES string of the molecule is C[SiH](C)O[C@@]1(C=O)[C@H](C(C)(C)C)CCN1C(=O)OC(C)(C)C. The van der Waals surface area contributed by atoms with Crippen molar-refractivity contribution in [2.24, 2.45) is 11.3 Å². The van der Waals surface area contributed by atoms with Gasteiger partial charge in [-0.25, -0.2) is 4.79 Å². The highest BCUT2D eigenvalue weighted by molar-refractivity contribution is 6.48. The van der Waals surface area contributed by atoms with Gasteiger partial charge in [0, 0.05) is 12.5 Å². The van der Waals surface area contributed by atoms with Gasteiger partial charge >= 0.3 is 6.09 Å². The van der Waals surface area contributed by atoms with Crippen molar-refractivity contribution >= 4 is 21.4 Å². The van der Waals surface area contributed by atoms with E-state index in [2.05, 4.69) is 20.8 Å². The van der Waals surface area contributed by atoms with Gasteiger partial charge in [0.15, 0.2) is 21.1 Å². The van der Waals surface area contributed by atoms with E-state index in [1.807, 2.05) is 33.9 Å². The summed E-state index contributed by atoms with van der Waals surface area (Å²) in [4.78, 5) is 26.1. The first-order chi connectivity index (χ1) is 9.83. The standard InChI is InChI=1S/C16H31NO4Si/c1-14(2,3)12-9-10-17(13(19)20-15(4,5)6)16(12,11-18)21-22(7)8/h11-12,22H,9-10H2,1-8H3/t12-,16-/m0/s1. The molecule has 0 aromatic carbocycles. The van der Waals surface area contributed by atoms with Crippen molar-refractivity contribution in [3.63, 3.8) is 0 Å². The van der Waals surface area contributed by atoms with E-state index in [1.54, 1.807) is 0 Å². The van der Waals surface area contributed by atoms with Gasteiger partial charge in [-0.3, -0.25) is 9.69 Å². The third-order valence-electron chi connectivity index (χ3n) is 3.82. The normalized spacial score (nSPS) is 26.4. The van der Waals surface area contributed by atoms with Crippen LogP contribution in [0.4, 0.5) is 4.79 Å². The number of rotatable bonds is 3. The lowest BCUT2D eigenvalue weighted by Crippen LogP contribution is -2.59. The monoisotopic (exact) mass is 329 g/mol. The molecule has 1 aliphatic rings. The van der Waals surface area contributed by atoms with E-state index in [1.165, 1.54) is 4.90 Å². The summed E-state index contributed by atoms with van der Waals surface area (Å²) in [5, 5.41) is 0. The Hall–Kier alpha value is -0.883. The Morgan fingerprint density at radius 3 is 2.14 bits per heavy atom. The molecule has 2 atom stereocenters. The average molecular weight is 330 g/mol. The van der Waals surface area contributed by atoms with E-state index in [0.29, 0.717) is 6.54 Å². The van der Waals surface area contributed by atoms with Crippen molar-refractivity contribution < 1.29 is 18.8 Å². The number of nitrogens with zero attached hydrogens (tertiary/aromatic N) is 1. The molecular formula is C16H31NO4Si. The van der Waals surface area contributed by atoms with Gasteiger partial charge in [0.1, 0.15) is 5.60 Å². The molecule has 0 radical (unpaired) electrons. The molecule has 1 rings (SSSR count). The fourth-order valence-corrected chi connectivity index (χ4v) is 4.23. The summed E-state index contributed by atoms with van der Waals surface area (Å²) in [6.07, 6.45) is 1.08. The highest BCUT2D eigenvalue weighted by atomic mass is 28.3. The maximum absolute atomic E-state index is 12.6. The second-order valence-corrected chi connectivity index (χ2v) is 10.7. The van der Waals surface area contributed by atoms with Gasteiger partial charge in [0.25, 0.3) is 0 Å². The van der Waals surface area contributed by atoms with Gasteiger partial charge < -0.3 is 9.16 Å². The molecule has 6 heteroatoms. The lowest BCUT2D eigenvalue weighted by atomic mass is 9.75. The molecule has 0 bridgehead atoms. The fraction of sp³-hybridized carbons (Fsp3) is 0.875. The highest BCUT2D eigenvalue weighted by Crippen LogP contribution is 2.46. The van der Waals surface area contributed by atoms with Crippen LogP contribution in [-0.4, -0.2) is 44.2 Å². The zero-order valence-corrected chi connectivity index (χ0v) is 16.4. The quantitative estimate of drug-likeness (QED) is 0.589. The van der Waals surface area contributed by atoms with E-state index in [-0.39, 0.29) is 11.3 Å². The number of amides is 1. The summed E-state index contributed by atoms with van der Waals surface area (Å²) >= 11 is 0. The van der Waals surface area contributed by atoms with E-state index < -0.39 is 26.5 Å². The molecule has 1 heterocycles. The Bertz CT molecular complexity index is 425. The van der Waals surface area contributed by atoms with Crippen LogP contribution in [0.15, 0.2) is 0 Å². The largest absolute Gasteiger partial charge is 0.444 e. The minimum atomic E-state index is -1.53. The lowest BCUT2D eigenvalue weighted by Gasteiger charge is -2.43. The summed E-state index contributed by atoms with van der Waals surface area (Å²) in [6.45, 7) is 16.2. The molecule has 0 spiro atoms. The third kappa shape index (κ3) is 4.10. The number of likely N-dealkylation sites (tertiary alicyclic amines) is 1. The molecule has 22 heavy (non-hydrogen) atoms. The van der Waals surface area contributed by atoms with Crippen molar-refractivity contribution in [2.45, 2.75) is 72.4 Å². The summed E-state index contributed by atoms with van der Waals surface area (Å²) in [7, 11) is -1.53. The molecule has 0 aromatic heterocycles. The van der Waals surface area contributed by atoms with Crippen LogP contribution in [0.1, 0.15) is 48.0 Å². The van der Waals surface area contributed by atoms with Gasteiger partial charge in [-0.05, 0) is 45.7 Å². The molecule has 1 saturated heterocycles. The summed E-state index contributed by atoms with van der Waals surface area (Å²) < 4.78 is 11.6. The van der Waals surface area contributed by atoms with Crippen LogP contribution in [0.5, 0.6) is 0 Å². The van der Waals surface area contributed by atoms with Crippen molar-refractivity contribution in [1.29, 1.82) is 0 Å². The minimum absolute atomic E-state index is 0.0417. The highest BCUT2D eigenvalue weighted by Gasteiger charge is 2.57. The Morgan fingerprint density at radius 2 is 1.77 bits per heavy atom. The number of hydrogen-bond acceptors (Lipinski definition) is 4. The van der Waals surface area contributed by atoms with E-state index in [0.717, 1.165) is 12.7 Å². The summed E-state index contributed by atoms with van der Waals surface area (Å²) in [5.74, 6) is -0.0417. The Labute approximate surface area is 136 Å². The maximum Gasteiger partial charge on any atom is 0.412 e. The van der Waals surface area contributed by atoms with Crippen LogP contribution >= 0.6 is 0 Å². The van der Waals surface area contributed by atoms with Crippen molar-refractivity contribution in [3.05, 3.63) is 0 Å². The number of ether oxygens (including phenoxy) is 1. The Morgan fingerprint density at radius 1 is 1.23 bits per heavy atom. The van der Waals surface area contributed by atoms with Crippen LogP contribution in [0, 0.1) is 11.3 Å². The van der Waals surface area contributed by atoms with Gasteiger partial charge in [-0.15, -0.1) is 0 Å². The summed E-state index contributed by atoms with van der Waals surface area (Å²) in [6, 6.07) is 0. The zero-order valence-electron chi connectivity index (χ0n) is 15.2. The molecule has 0 N–H and O–H groups in total. The predicted octanol–water partition coefficient (Wildman–Crippen LogP) is 3.18.